The van der Waals surface area contributed by atoms with E-state index < -0.39 is 0 Å². The van der Waals surface area contributed by atoms with Crippen molar-refractivity contribution in [2.45, 2.75) is 79.6 Å². The molecule has 0 fully saturated rings. The van der Waals surface area contributed by atoms with Gasteiger partial charge in [0, 0.05) is 24.2 Å². The Morgan fingerprint density at radius 3 is 1.00 bits per heavy atom. The van der Waals surface area contributed by atoms with Crippen molar-refractivity contribution in [1.29, 1.82) is 5.41 Å². The van der Waals surface area contributed by atoms with Crippen LogP contribution in [0.25, 0.3) is 0 Å². The van der Waals surface area contributed by atoms with Gasteiger partial charge in [-0.15, -0.1) is 0 Å². The van der Waals surface area contributed by atoms with E-state index in [0.717, 1.165) is 16.7 Å². The molecule has 1 aromatic rings. The van der Waals surface area contributed by atoms with Gasteiger partial charge in [-0.1, -0.05) is 0 Å². The molecule has 1 N–H and O–H groups in total. The van der Waals surface area contributed by atoms with E-state index in [2.05, 4.69) is 65.2 Å². The van der Waals surface area contributed by atoms with Crippen LogP contribution >= 0.6 is 0 Å². The van der Waals surface area contributed by atoms with Crippen LogP contribution < -0.4 is 15.2 Å². The van der Waals surface area contributed by atoms with Crippen molar-refractivity contribution in [2.75, 3.05) is 9.80 Å². The SMILES string of the molecule is CC(C)N(c1c(N(C(C)C)C(C)C)c1=N)C(C)C. The fourth-order valence-corrected chi connectivity index (χ4v) is 2.90. The lowest BCUT2D eigenvalue weighted by molar-refractivity contribution is 0.598. The Hall–Kier alpha value is -0.990. The molecule has 0 radical (unpaired) electrons. The molecule has 1 aromatic carbocycles. The summed E-state index contributed by atoms with van der Waals surface area (Å²) in [4.78, 5) is 4.71. The van der Waals surface area contributed by atoms with E-state index in [1.54, 1.807) is 0 Å². The third-order valence-corrected chi connectivity index (χ3v) is 3.38. The fraction of sp³-hybridized carbons (Fsp3) is 0.800. The van der Waals surface area contributed by atoms with E-state index in [1.807, 2.05) is 0 Å². The first kappa shape index (κ1) is 15.1. The molecule has 3 heteroatoms. The van der Waals surface area contributed by atoms with E-state index >= 15 is 0 Å². The van der Waals surface area contributed by atoms with Gasteiger partial charge in [0.1, 0.15) is 5.36 Å². The van der Waals surface area contributed by atoms with Crippen LogP contribution in [0.5, 0.6) is 0 Å². The summed E-state index contributed by atoms with van der Waals surface area (Å²) < 4.78 is 0. The predicted molar refractivity (Wildman–Crippen MR) is 80.2 cm³/mol. The van der Waals surface area contributed by atoms with Gasteiger partial charge >= 0.3 is 0 Å². The number of hydrogen-bond donors (Lipinski definition) is 1. The van der Waals surface area contributed by atoms with Crippen molar-refractivity contribution in [3.05, 3.63) is 5.36 Å². The molecule has 0 aromatic heterocycles. The van der Waals surface area contributed by atoms with Crippen LogP contribution in [0.1, 0.15) is 55.4 Å². The molecule has 18 heavy (non-hydrogen) atoms. The normalized spacial score (nSPS) is 12.4. The zero-order valence-corrected chi connectivity index (χ0v) is 13.2. The molecule has 0 aliphatic carbocycles. The fourth-order valence-electron chi connectivity index (χ4n) is 2.90. The zero-order valence-electron chi connectivity index (χ0n) is 13.2. The average molecular weight is 251 g/mol. The number of nitrogens with one attached hydrogen (secondary N) is 1. The first-order valence-electron chi connectivity index (χ1n) is 7.10. The number of hydrogen-bond acceptors (Lipinski definition) is 3. The highest BCUT2D eigenvalue weighted by Gasteiger charge is 2.33. The van der Waals surface area contributed by atoms with E-state index in [9.17, 15) is 0 Å². The maximum absolute atomic E-state index is 8.20. The van der Waals surface area contributed by atoms with Gasteiger partial charge in [0.15, 0.2) is 0 Å². The largest absolute Gasteiger partial charge is 0.363 e. The van der Waals surface area contributed by atoms with Crippen molar-refractivity contribution in [3.8, 4) is 0 Å². The summed E-state index contributed by atoms with van der Waals surface area (Å²) >= 11 is 0. The van der Waals surface area contributed by atoms with Crippen LogP contribution in [0.15, 0.2) is 0 Å². The molecule has 104 valence electrons. The minimum absolute atomic E-state index is 0.444. The van der Waals surface area contributed by atoms with Crippen LogP contribution in [0.3, 0.4) is 0 Å². The summed E-state index contributed by atoms with van der Waals surface area (Å²) in [6.45, 7) is 17.6. The quantitative estimate of drug-likeness (QED) is 0.841. The Morgan fingerprint density at radius 1 is 0.611 bits per heavy atom. The molecule has 0 amide bonds. The van der Waals surface area contributed by atoms with Gasteiger partial charge < -0.3 is 9.80 Å². The van der Waals surface area contributed by atoms with Crippen molar-refractivity contribution in [3.63, 3.8) is 0 Å². The average Bonchev–Trinajstić information content (AvgIpc) is 2.76. The third-order valence-electron chi connectivity index (χ3n) is 3.38. The molecule has 0 saturated heterocycles. The molecular formula is C15H29N3. The summed E-state index contributed by atoms with van der Waals surface area (Å²) in [5, 5.41) is 8.94. The summed E-state index contributed by atoms with van der Waals surface area (Å²) in [5.41, 5.74) is 2.31. The van der Waals surface area contributed by atoms with Crippen molar-refractivity contribution < 1.29 is 0 Å². The van der Waals surface area contributed by atoms with Gasteiger partial charge in [-0.2, -0.15) is 0 Å². The molecule has 0 unspecified atom stereocenters. The standard InChI is InChI=1S/C15H29N3/c1-9(2)17(10(3)4)14-13(16)15(14)18(11(5)6)12(7)8/h9-12,16H,1-8H3. The topological polar surface area (TPSA) is 30.3 Å². The highest BCUT2D eigenvalue weighted by molar-refractivity contribution is 5.85. The maximum Gasteiger partial charge on any atom is 0.105 e. The Balaban J connectivity index is 3.06. The van der Waals surface area contributed by atoms with Gasteiger partial charge in [0.25, 0.3) is 0 Å². The van der Waals surface area contributed by atoms with Crippen molar-refractivity contribution in [2.24, 2.45) is 0 Å². The lowest BCUT2D eigenvalue weighted by Crippen LogP contribution is -2.38. The highest BCUT2D eigenvalue weighted by atomic mass is 15.3. The van der Waals surface area contributed by atoms with Crippen LogP contribution in [0.2, 0.25) is 0 Å². The van der Waals surface area contributed by atoms with Crippen molar-refractivity contribution >= 4 is 11.4 Å². The summed E-state index contributed by atoms with van der Waals surface area (Å²) in [6.07, 6.45) is 0. The first-order valence-corrected chi connectivity index (χ1v) is 7.10. The summed E-state index contributed by atoms with van der Waals surface area (Å²) in [5.74, 6) is 0. The number of rotatable bonds is 6. The van der Waals surface area contributed by atoms with Gasteiger partial charge in [-0.25, -0.2) is 0 Å². The van der Waals surface area contributed by atoms with Gasteiger partial charge in [0.05, 0.1) is 11.4 Å². The van der Waals surface area contributed by atoms with Crippen molar-refractivity contribution in [1.82, 2.24) is 0 Å². The monoisotopic (exact) mass is 251 g/mol. The molecule has 3 nitrogen and oxygen atoms in total. The Labute approximate surface area is 112 Å². The molecular weight excluding hydrogens is 222 g/mol. The molecule has 0 bridgehead atoms. The molecule has 0 spiro atoms. The molecule has 1 rings (SSSR count). The Bertz CT molecular complexity index is 344. The molecule has 0 heterocycles. The Kier molecular flexibility index (Phi) is 4.46. The summed E-state index contributed by atoms with van der Waals surface area (Å²) in [6, 6.07) is 1.77. The van der Waals surface area contributed by atoms with E-state index in [1.165, 1.54) is 0 Å². The minimum Gasteiger partial charge on any atom is -0.363 e. The molecule has 0 aliphatic heterocycles. The zero-order chi connectivity index (χ0) is 14.2. The van der Waals surface area contributed by atoms with E-state index in [-0.39, 0.29) is 0 Å². The molecule has 0 aliphatic rings. The molecule has 0 saturated carbocycles. The van der Waals surface area contributed by atoms with Crippen LogP contribution in [0, 0.1) is 5.41 Å². The Morgan fingerprint density at radius 2 is 0.833 bits per heavy atom. The second kappa shape index (κ2) is 5.33. The second-order valence-corrected chi connectivity index (χ2v) is 6.26. The van der Waals surface area contributed by atoms with Crippen LogP contribution in [-0.4, -0.2) is 24.2 Å². The highest BCUT2D eigenvalue weighted by Crippen LogP contribution is 2.36. The van der Waals surface area contributed by atoms with Gasteiger partial charge in [0.2, 0.25) is 0 Å². The summed E-state index contributed by atoms with van der Waals surface area (Å²) in [7, 11) is 0. The number of nitrogens with zero attached hydrogens (tertiary/aromatic N) is 2. The lowest BCUT2D eigenvalue weighted by Gasteiger charge is -2.33. The minimum atomic E-state index is 0.444. The predicted octanol–water partition coefficient (Wildman–Crippen LogP) is 3.29. The second-order valence-electron chi connectivity index (χ2n) is 6.26. The van der Waals surface area contributed by atoms with Crippen LogP contribution in [-0.2, 0) is 0 Å². The van der Waals surface area contributed by atoms with Gasteiger partial charge in [-0.3, -0.25) is 5.41 Å². The smallest absolute Gasteiger partial charge is 0.105 e. The maximum atomic E-state index is 8.20. The number of anilines is 2. The molecule has 0 atom stereocenters. The van der Waals surface area contributed by atoms with E-state index in [0.29, 0.717) is 24.2 Å². The third kappa shape index (κ3) is 2.70. The first-order chi connectivity index (χ1) is 8.20. The van der Waals surface area contributed by atoms with Crippen LogP contribution in [0.4, 0.5) is 11.4 Å². The lowest BCUT2D eigenvalue weighted by atomic mass is 10.2. The van der Waals surface area contributed by atoms with E-state index in [4.69, 9.17) is 5.41 Å². The van der Waals surface area contributed by atoms with Gasteiger partial charge in [-0.05, 0) is 55.4 Å².